The number of hydrogen-bond acceptors (Lipinski definition) is 5. The molecule has 0 bridgehead atoms. The van der Waals surface area contributed by atoms with Crippen molar-refractivity contribution in [3.63, 3.8) is 0 Å². The first-order chi connectivity index (χ1) is 26.8. The number of fused-ring (bicyclic) bond motifs is 10. The lowest BCUT2D eigenvalue weighted by Gasteiger charge is -2.40. The number of nitrogens with zero attached hydrogens (tertiary/aromatic N) is 4. The van der Waals surface area contributed by atoms with Gasteiger partial charge in [0, 0.05) is 39.4 Å². The first kappa shape index (κ1) is 30.4. The fourth-order valence-electron chi connectivity index (χ4n) is 8.50. The van der Waals surface area contributed by atoms with Crippen molar-refractivity contribution < 1.29 is 4.74 Å². The van der Waals surface area contributed by atoms with E-state index >= 15 is 0 Å². The summed E-state index contributed by atoms with van der Waals surface area (Å²) in [5, 5.41) is 1.11. The number of ether oxygens (including phenoxy) is 1. The Bertz CT molecular complexity index is 2810. The Balaban J connectivity index is 1.19. The van der Waals surface area contributed by atoms with Gasteiger partial charge in [0.2, 0.25) is 0 Å². The average molecular weight is 691 g/mol. The molecule has 0 unspecified atom stereocenters. The van der Waals surface area contributed by atoms with Gasteiger partial charge in [0.1, 0.15) is 11.5 Å². The minimum atomic E-state index is -0.678. The summed E-state index contributed by atoms with van der Waals surface area (Å²) in [7, 11) is 0. The van der Waals surface area contributed by atoms with Crippen LogP contribution in [0, 0.1) is 0 Å². The molecule has 0 amide bonds. The van der Waals surface area contributed by atoms with Gasteiger partial charge in [-0.25, -0.2) is 15.0 Å². The van der Waals surface area contributed by atoms with Crippen LogP contribution >= 0.6 is 0 Å². The van der Waals surface area contributed by atoms with Crippen LogP contribution in [0.2, 0.25) is 0 Å². The van der Waals surface area contributed by atoms with E-state index in [-0.39, 0.29) is 0 Å². The Kier molecular flexibility index (Phi) is 6.70. The largest absolute Gasteiger partial charge is 0.457 e. The summed E-state index contributed by atoms with van der Waals surface area (Å²) in [5.74, 6) is 3.49. The van der Waals surface area contributed by atoms with E-state index in [1.807, 2.05) is 72.9 Å². The smallest absolute Gasteiger partial charge is 0.164 e. The van der Waals surface area contributed by atoms with Gasteiger partial charge in [-0.2, -0.15) is 0 Å². The first-order valence-electron chi connectivity index (χ1n) is 18.1. The Morgan fingerprint density at radius 3 is 1.52 bits per heavy atom. The van der Waals surface area contributed by atoms with Gasteiger partial charge in [-0.05, 0) is 75.8 Å². The van der Waals surface area contributed by atoms with Crippen LogP contribution in [0.5, 0.6) is 11.5 Å². The molecule has 0 saturated carbocycles. The Labute approximate surface area is 312 Å². The highest BCUT2D eigenvalue weighted by atomic mass is 16.5. The molecule has 252 valence electrons. The third kappa shape index (κ3) is 4.52. The lowest BCUT2D eigenvalue weighted by atomic mass is 9.65. The highest BCUT2D eigenvalue weighted by molar-refractivity contribution is 5.96. The van der Waals surface area contributed by atoms with Crippen LogP contribution in [0.4, 0.5) is 0 Å². The van der Waals surface area contributed by atoms with Gasteiger partial charge < -0.3 is 4.74 Å². The van der Waals surface area contributed by atoms with E-state index in [0.29, 0.717) is 17.5 Å². The predicted molar refractivity (Wildman–Crippen MR) is 214 cm³/mol. The molecule has 9 aromatic rings. The molecule has 2 aliphatic rings. The quantitative estimate of drug-likeness (QED) is 0.184. The Morgan fingerprint density at radius 1 is 0.370 bits per heavy atom. The van der Waals surface area contributed by atoms with Gasteiger partial charge in [-0.1, -0.05) is 133 Å². The summed E-state index contributed by atoms with van der Waals surface area (Å²) in [6.07, 6.45) is 1.85. The summed E-state index contributed by atoms with van der Waals surface area (Å²) in [5.41, 5.74) is 12.3. The number of pyridine rings is 1. The van der Waals surface area contributed by atoms with Crippen LogP contribution in [-0.2, 0) is 5.41 Å². The molecule has 0 N–H and O–H groups in total. The van der Waals surface area contributed by atoms with Crippen LogP contribution < -0.4 is 4.74 Å². The summed E-state index contributed by atoms with van der Waals surface area (Å²) in [6.45, 7) is 0. The minimum absolute atomic E-state index is 0.600. The molecule has 0 atom stereocenters. The topological polar surface area (TPSA) is 60.8 Å². The van der Waals surface area contributed by atoms with E-state index in [1.165, 1.54) is 22.3 Å². The molecule has 0 radical (unpaired) electrons. The van der Waals surface area contributed by atoms with Crippen molar-refractivity contribution in [2.45, 2.75) is 5.41 Å². The molecule has 1 aliphatic carbocycles. The van der Waals surface area contributed by atoms with Crippen LogP contribution in [0.1, 0.15) is 22.3 Å². The molecule has 2 aromatic heterocycles. The van der Waals surface area contributed by atoms with Crippen molar-refractivity contribution >= 4 is 10.9 Å². The highest BCUT2D eigenvalue weighted by Crippen LogP contribution is 2.62. The average Bonchev–Trinajstić information content (AvgIpc) is 3.54. The lowest BCUT2D eigenvalue weighted by Crippen LogP contribution is -2.32. The van der Waals surface area contributed by atoms with Crippen molar-refractivity contribution in [1.29, 1.82) is 0 Å². The second-order valence-corrected chi connectivity index (χ2v) is 13.8. The summed E-state index contributed by atoms with van der Waals surface area (Å²) in [4.78, 5) is 19.8. The van der Waals surface area contributed by atoms with Gasteiger partial charge >= 0.3 is 0 Å². The zero-order valence-corrected chi connectivity index (χ0v) is 29.0. The zero-order chi connectivity index (χ0) is 35.6. The second-order valence-electron chi connectivity index (χ2n) is 13.8. The van der Waals surface area contributed by atoms with E-state index in [0.717, 1.165) is 61.3 Å². The molecule has 0 fully saturated rings. The summed E-state index contributed by atoms with van der Waals surface area (Å²) in [6, 6.07) is 61.3. The van der Waals surface area contributed by atoms with Crippen molar-refractivity contribution in [2.75, 3.05) is 0 Å². The maximum absolute atomic E-state index is 6.88. The maximum Gasteiger partial charge on any atom is 0.164 e. The van der Waals surface area contributed by atoms with Crippen molar-refractivity contribution in [3.8, 4) is 67.9 Å². The van der Waals surface area contributed by atoms with Crippen LogP contribution in [0.3, 0.4) is 0 Å². The molecular weight excluding hydrogens is 661 g/mol. The molecular formula is C49H30N4O. The molecule has 1 spiro atoms. The normalized spacial score (nSPS) is 13.1. The highest BCUT2D eigenvalue weighted by Gasteiger charge is 2.51. The number of hydrogen-bond donors (Lipinski definition) is 0. The van der Waals surface area contributed by atoms with Crippen LogP contribution in [0.15, 0.2) is 182 Å². The van der Waals surface area contributed by atoms with E-state index in [2.05, 4.69) is 114 Å². The molecule has 5 nitrogen and oxygen atoms in total. The maximum atomic E-state index is 6.88. The van der Waals surface area contributed by atoms with E-state index in [1.54, 1.807) is 0 Å². The zero-order valence-electron chi connectivity index (χ0n) is 29.0. The molecule has 1 aliphatic heterocycles. The third-order valence-corrected chi connectivity index (χ3v) is 10.9. The fourth-order valence-corrected chi connectivity index (χ4v) is 8.50. The van der Waals surface area contributed by atoms with Gasteiger partial charge in [-0.3, -0.25) is 4.98 Å². The molecule has 11 rings (SSSR count). The monoisotopic (exact) mass is 690 g/mol. The Morgan fingerprint density at radius 2 is 0.889 bits per heavy atom. The fraction of sp³-hybridized carbons (Fsp3) is 0.0204. The third-order valence-electron chi connectivity index (χ3n) is 10.9. The van der Waals surface area contributed by atoms with Crippen LogP contribution in [0.25, 0.3) is 67.3 Å². The Hall–Kier alpha value is -7.24. The minimum Gasteiger partial charge on any atom is -0.457 e. The SMILES string of the molecule is c1ccc(-c2nc(-c3ccccc3)nc(-c3ccc4c(c3)C3(c5cc(-c6cccc7ncccc67)ccc5O4)c4ccccc4-c4ccccc43)n2)cc1. The summed E-state index contributed by atoms with van der Waals surface area (Å²) >= 11 is 0. The van der Waals surface area contributed by atoms with E-state index in [4.69, 9.17) is 19.7 Å². The number of rotatable bonds is 4. The van der Waals surface area contributed by atoms with Gasteiger partial charge in [0.15, 0.2) is 17.5 Å². The van der Waals surface area contributed by atoms with Gasteiger partial charge in [0.05, 0.1) is 10.9 Å². The van der Waals surface area contributed by atoms with Crippen molar-refractivity contribution in [1.82, 2.24) is 19.9 Å². The van der Waals surface area contributed by atoms with Crippen molar-refractivity contribution in [3.05, 3.63) is 204 Å². The standard InChI is InChI=1S/C49H30N4O/c1-3-13-31(14-4-1)46-51-47(32-15-5-2-6-16-32)53-48(52-46)34-25-27-45-42(30-34)49(39-21-9-7-17-36(39)37-18-8-10-22-40(37)49)41-29-33(24-26-44(41)54-45)35-19-11-23-43-38(35)20-12-28-50-43/h1-30H. The number of aromatic nitrogens is 4. The van der Waals surface area contributed by atoms with E-state index < -0.39 is 5.41 Å². The summed E-state index contributed by atoms with van der Waals surface area (Å²) < 4.78 is 6.88. The van der Waals surface area contributed by atoms with Crippen molar-refractivity contribution in [2.24, 2.45) is 0 Å². The lowest BCUT2D eigenvalue weighted by molar-refractivity contribution is 0.436. The second kappa shape index (κ2) is 11.9. The molecule has 7 aromatic carbocycles. The molecule has 54 heavy (non-hydrogen) atoms. The predicted octanol–water partition coefficient (Wildman–Crippen LogP) is 11.6. The molecule has 3 heterocycles. The number of benzene rings is 7. The molecule has 0 saturated heterocycles. The molecule has 5 heteroatoms. The van der Waals surface area contributed by atoms with Gasteiger partial charge in [-0.15, -0.1) is 0 Å². The van der Waals surface area contributed by atoms with E-state index in [9.17, 15) is 0 Å². The van der Waals surface area contributed by atoms with Crippen LogP contribution in [-0.4, -0.2) is 19.9 Å². The van der Waals surface area contributed by atoms with Gasteiger partial charge in [0.25, 0.3) is 0 Å². The first-order valence-corrected chi connectivity index (χ1v) is 18.1.